The van der Waals surface area contributed by atoms with E-state index in [1.54, 1.807) is 0 Å². The second-order valence-electron chi connectivity index (χ2n) is 2.16. The Morgan fingerprint density at radius 1 is 1.40 bits per heavy atom. The summed E-state index contributed by atoms with van der Waals surface area (Å²) in [5.74, 6) is 0. The van der Waals surface area contributed by atoms with Gasteiger partial charge in [-0.2, -0.15) is 0 Å². The van der Waals surface area contributed by atoms with Crippen LogP contribution >= 0.6 is 0 Å². The maximum Gasteiger partial charge on any atom is 0.0833 e. The first-order chi connectivity index (χ1) is 4.91. The molecule has 0 aromatic rings. The van der Waals surface area contributed by atoms with E-state index in [0.717, 1.165) is 25.9 Å². The van der Waals surface area contributed by atoms with Crippen molar-refractivity contribution in [2.24, 2.45) is 0 Å². The highest BCUT2D eigenvalue weighted by atomic mass is 16.5. The van der Waals surface area contributed by atoms with Crippen LogP contribution in [0.25, 0.3) is 0 Å². The molecule has 0 N–H and O–H groups in total. The summed E-state index contributed by atoms with van der Waals surface area (Å²) in [6, 6.07) is 0. The Bertz CT molecular complexity index is 76.8. The van der Waals surface area contributed by atoms with E-state index >= 15 is 0 Å². The zero-order chi connectivity index (χ0) is 7.66. The summed E-state index contributed by atoms with van der Waals surface area (Å²) in [4.78, 5) is 0. The molecule has 0 rings (SSSR count). The van der Waals surface area contributed by atoms with E-state index in [0.29, 0.717) is 0 Å². The number of ether oxygens (including phenoxy) is 1. The van der Waals surface area contributed by atoms with Crippen LogP contribution in [0.1, 0.15) is 33.1 Å². The Kier molecular flexibility index (Phi) is 8.44. The van der Waals surface area contributed by atoms with Crippen LogP contribution < -0.4 is 0 Å². The van der Waals surface area contributed by atoms with Crippen LogP contribution in [0, 0.1) is 6.61 Å². The molecule has 0 aliphatic rings. The Balaban J connectivity index is 2.77. The number of rotatable bonds is 6. The van der Waals surface area contributed by atoms with E-state index in [1.165, 1.54) is 0 Å². The van der Waals surface area contributed by atoms with Crippen LogP contribution in [-0.2, 0) is 4.74 Å². The van der Waals surface area contributed by atoms with Gasteiger partial charge in [0, 0.05) is 6.61 Å². The summed E-state index contributed by atoms with van der Waals surface area (Å²) >= 11 is 0. The highest BCUT2D eigenvalue weighted by Crippen LogP contribution is 1.94. The monoisotopic (exact) mass is 141 g/mol. The molecule has 1 heteroatoms. The van der Waals surface area contributed by atoms with Crippen molar-refractivity contribution in [1.29, 1.82) is 0 Å². The molecule has 1 radical (unpaired) electrons. The second kappa shape index (κ2) is 8.70. The van der Waals surface area contributed by atoms with Gasteiger partial charge in [-0.3, -0.25) is 0 Å². The lowest BCUT2D eigenvalue weighted by Gasteiger charge is -1.97. The fourth-order valence-corrected chi connectivity index (χ4v) is 0.652. The summed E-state index contributed by atoms with van der Waals surface area (Å²) in [5.41, 5.74) is 0. The quantitative estimate of drug-likeness (QED) is 0.408. The zero-order valence-corrected chi connectivity index (χ0v) is 6.97. The lowest BCUT2D eigenvalue weighted by molar-refractivity contribution is 0.191. The van der Waals surface area contributed by atoms with E-state index in [2.05, 4.69) is 19.1 Å². The molecule has 0 fully saturated rings. The summed E-state index contributed by atoms with van der Waals surface area (Å²) in [5, 5.41) is 0. The molecular formula is C9H17O. The van der Waals surface area contributed by atoms with Gasteiger partial charge in [0.25, 0.3) is 0 Å². The van der Waals surface area contributed by atoms with E-state index < -0.39 is 0 Å². The summed E-state index contributed by atoms with van der Waals surface area (Å²) in [7, 11) is 0. The molecule has 0 aliphatic carbocycles. The first kappa shape index (κ1) is 9.70. The third-order valence-corrected chi connectivity index (χ3v) is 1.15. The van der Waals surface area contributed by atoms with Crippen LogP contribution in [-0.4, -0.2) is 6.61 Å². The fraction of sp³-hybridized carbons (Fsp3) is 0.667. The number of unbranched alkanes of at least 4 members (excludes halogenated alkanes) is 1. The van der Waals surface area contributed by atoms with Gasteiger partial charge in [-0.05, 0) is 26.2 Å². The van der Waals surface area contributed by atoms with Gasteiger partial charge in [0.1, 0.15) is 0 Å². The average molecular weight is 141 g/mol. The van der Waals surface area contributed by atoms with Crippen LogP contribution in [0.5, 0.6) is 0 Å². The fourth-order valence-electron chi connectivity index (χ4n) is 0.652. The second-order valence-corrected chi connectivity index (χ2v) is 2.16. The van der Waals surface area contributed by atoms with Crippen molar-refractivity contribution in [3.8, 4) is 0 Å². The van der Waals surface area contributed by atoms with Gasteiger partial charge in [-0.25, -0.2) is 0 Å². The topological polar surface area (TPSA) is 9.23 Å². The molecule has 59 valence electrons. The molecule has 0 saturated heterocycles. The molecule has 10 heavy (non-hydrogen) atoms. The molecule has 0 heterocycles. The maximum atomic E-state index is 5.17. The van der Waals surface area contributed by atoms with Crippen molar-refractivity contribution >= 4 is 0 Å². The predicted octanol–water partition coefficient (Wildman–Crippen LogP) is 2.93. The minimum absolute atomic E-state index is 0.859. The molecule has 1 nitrogen and oxygen atoms in total. The van der Waals surface area contributed by atoms with E-state index in [1.807, 2.05) is 13.5 Å². The lowest BCUT2D eigenvalue weighted by atomic mass is 10.3. The zero-order valence-electron chi connectivity index (χ0n) is 6.97. The van der Waals surface area contributed by atoms with Gasteiger partial charge in [0.2, 0.25) is 0 Å². The van der Waals surface area contributed by atoms with Crippen LogP contribution in [0.4, 0.5) is 0 Å². The highest BCUT2D eigenvalue weighted by Gasteiger charge is 1.84. The molecule has 0 aromatic carbocycles. The standard InChI is InChI=1S/C9H17O/c1-3-5-6-7-9-10-8-4-2/h3,5,8H,4,6-7,9H2,1-2H3. The van der Waals surface area contributed by atoms with Crippen molar-refractivity contribution in [3.63, 3.8) is 0 Å². The summed E-state index contributed by atoms with van der Waals surface area (Å²) in [6.07, 6.45) is 7.50. The molecular weight excluding hydrogens is 124 g/mol. The van der Waals surface area contributed by atoms with Gasteiger partial charge in [-0.15, -0.1) is 0 Å². The van der Waals surface area contributed by atoms with Gasteiger partial charge in [0.05, 0.1) is 6.61 Å². The molecule has 0 aliphatic heterocycles. The predicted molar refractivity (Wildman–Crippen MR) is 44.6 cm³/mol. The van der Waals surface area contributed by atoms with E-state index in [-0.39, 0.29) is 0 Å². The molecule has 0 unspecified atom stereocenters. The average Bonchev–Trinajstić information content (AvgIpc) is 1.97. The molecule has 0 atom stereocenters. The smallest absolute Gasteiger partial charge is 0.0833 e. The van der Waals surface area contributed by atoms with Crippen LogP contribution in [0.2, 0.25) is 0 Å². The van der Waals surface area contributed by atoms with Crippen LogP contribution in [0.3, 0.4) is 0 Å². The number of hydrogen-bond donors (Lipinski definition) is 0. The Hall–Kier alpha value is -0.300. The van der Waals surface area contributed by atoms with Crippen molar-refractivity contribution in [3.05, 3.63) is 18.8 Å². The lowest BCUT2D eigenvalue weighted by Crippen LogP contribution is -1.89. The molecule has 0 bridgehead atoms. The first-order valence-corrected chi connectivity index (χ1v) is 3.96. The first-order valence-electron chi connectivity index (χ1n) is 3.96. The van der Waals surface area contributed by atoms with Gasteiger partial charge in [-0.1, -0.05) is 19.1 Å². The third-order valence-electron chi connectivity index (χ3n) is 1.15. The van der Waals surface area contributed by atoms with Crippen LogP contribution in [0.15, 0.2) is 12.2 Å². The molecule has 0 spiro atoms. The normalized spacial score (nSPS) is 11.0. The Morgan fingerprint density at radius 3 is 2.80 bits per heavy atom. The Labute approximate surface area is 64.1 Å². The maximum absolute atomic E-state index is 5.17. The largest absolute Gasteiger partial charge is 0.376 e. The van der Waals surface area contributed by atoms with Gasteiger partial charge in [0.15, 0.2) is 0 Å². The van der Waals surface area contributed by atoms with Crippen molar-refractivity contribution < 1.29 is 4.74 Å². The molecule has 0 amide bonds. The Morgan fingerprint density at radius 2 is 2.20 bits per heavy atom. The SMILES string of the molecule is CC=CCCCO[CH]CC. The minimum Gasteiger partial charge on any atom is -0.376 e. The number of allylic oxidation sites excluding steroid dienone is 2. The van der Waals surface area contributed by atoms with Crippen molar-refractivity contribution in [2.75, 3.05) is 6.61 Å². The molecule has 0 aromatic heterocycles. The van der Waals surface area contributed by atoms with Gasteiger partial charge < -0.3 is 4.74 Å². The summed E-state index contributed by atoms with van der Waals surface area (Å²) < 4.78 is 5.17. The van der Waals surface area contributed by atoms with Crippen molar-refractivity contribution in [1.82, 2.24) is 0 Å². The number of hydrogen-bond acceptors (Lipinski definition) is 1. The molecule has 0 saturated carbocycles. The van der Waals surface area contributed by atoms with E-state index in [4.69, 9.17) is 4.74 Å². The van der Waals surface area contributed by atoms with Crippen molar-refractivity contribution in [2.45, 2.75) is 33.1 Å². The minimum atomic E-state index is 0.859. The van der Waals surface area contributed by atoms with E-state index in [9.17, 15) is 0 Å². The third kappa shape index (κ3) is 7.70. The van der Waals surface area contributed by atoms with Gasteiger partial charge >= 0.3 is 0 Å². The highest BCUT2D eigenvalue weighted by molar-refractivity contribution is 4.76. The summed E-state index contributed by atoms with van der Waals surface area (Å²) in [6.45, 7) is 6.83.